The molecule has 146 valence electrons. The van der Waals surface area contributed by atoms with E-state index >= 15 is 0 Å². The molecule has 0 saturated heterocycles. The highest BCUT2D eigenvalue weighted by Crippen LogP contribution is 2.38. The summed E-state index contributed by atoms with van der Waals surface area (Å²) < 4.78 is 39.0. The molecule has 26 heavy (non-hydrogen) atoms. The van der Waals surface area contributed by atoms with Crippen molar-refractivity contribution in [2.45, 2.75) is 51.7 Å². The van der Waals surface area contributed by atoms with Gasteiger partial charge in [0, 0.05) is 12.3 Å². The number of alkyl halides is 2. The van der Waals surface area contributed by atoms with Crippen LogP contribution in [0.25, 0.3) is 5.57 Å². The zero-order chi connectivity index (χ0) is 20.3. The van der Waals surface area contributed by atoms with E-state index in [1.807, 2.05) is 33.9 Å². The highest BCUT2D eigenvalue weighted by molar-refractivity contribution is 6.74. The third-order valence-electron chi connectivity index (χ3n) is 4.36. The van der Waals surface area contributed by atoms with Crippen LogP contribution in [0, 0.1) is 10.1 Å². The first kappa shape index (κ1) is 22.2. The van der Waals surface area contributed by atoms with Crippen LogP contribution in [-0.2, 0) is 4.43 Å². The lowest BCUT2D eigenvalue weighted by Gasteiger charge is -2.37. The van der Waals surface area contributed by atoms with Crippen molar-refractivity contribution in [2.24, 2.45) is 0 Å². The first-order chi connectivity index (χ1) is 11.7. The summed E-state index contributed by atoms with van der Waals surface area (Å²) in [4.78, 5) is 14.4. The van der Waals surface area contributed by atoms with Crippen LogP contribution >= 0.6 is 0 Å². The number of rotatable bonds is 8. The van der Waals surface area contributed by atoms with Gasteiger partial charge in [0.25, 0.3) is 0 Å². The number of nitro groups is 1. The number of hydrogen-bond donors (Lipinski definition) is 0. The molecule has 6 nitrogen and oxygen atoms in total. The molecule has 0 aliphatic rings. The lowest BCUT2D eigenvalue weighted by molar-refractivity contribution is -0.386. The van der Waals surface area contributed by atoms with Crippen LogP contribution in [-0.4, -0.2) is 37.4 Å². The van der Waals surface area contributed by atoms with Crippen LogP contribution in [0.1, 0.15) is 33.4 Å². The quantitative estimate of drug-likeness (QED) is 0.353. The molecular formula is C17H26F2N2O4Si. The zero-order valence-corrected chi connectivity index (χ0v) is 17.1. The van der Waals surface area contributed by atoms with E-state index in [2.05, 4.69) is 11.6 Å². The minimum atomic E-state index is -3.28. The molecule has 0 bridgehead atoms. The predicted molar refractivity (Wildman–Crippen MR) is 99.2 cm³/mol. The maximum absolute atomic E-state index is 14.2. The maximum Gasteiger partial charge on any atom is 0.336 e. The van der Waals surface area contributed by atoms with Crippen molar-refractivity contribution in [3.8, 4) is 5.75 Å². The summed E-state index contributed by atoms with van der Waals surface area (Å²) in [5.74, 6) is -3.55. The van der Waals surface area contributed by atoms with Crippen molar-refractivity contribution in [1.29, 1.82) is 0 Å². The molecule has 1 heterocycles. The Balaban J connectivity index is 2.90. The summed E-state index contributed by atoms with van der Waals surface area (Å²) in [6.07, 6.45) is 1.26. The van der Waals surface area contributed by atoms with Crippen molar-refractivity contribution in [3.63, 3.8) is 0 Å². The average Bonchev–Trinajstić information content (AvgIpc) is 2.49. The Morgan fingerprint density at radius 1 is 1.35 bits per heavy atom. The summed E-state index contributed by atoms with van der Waals surface area (Å²) in [6, 6.07) is 1.19. The molecular weight excluding hydrogens is 362 g/mol. The van der Waals surface area contributed by atoms with Gasteiger partial charge in [-0.05, 0) is 30.6 Å². The smallest absolute Gasteiger partial charge is 0.336 e. The van der Waals surface area contributed by atoms with E-state index in [1.54, 1.807) is 6.92 Å². The minimum absolute atomic E-state index is 0.00772. The molecule has 0 aliphatic carbocycles. The normalized spacial score (nSPS) is 12.8. The molecule has 1 aromatic rings. The Bertz CT molecular complexity index is 688. The number of pyridine rings is 1. The molecule has 0 fully saturated rings. The Morgan fingerprint density at radius 2 is 1.92 bits per heavy atom. The fourth-order valence-electron chi connectivity index (χ4n) is 1.77. The third kappa shape index (κ3) is 5.57. The van der Waals surface area contributed by atoms with Crippen molar-refractivity contribution < 1.29 is 22.9 Å². The summed E-state index contributed by atoms with van der Waals surface area (Å²) >= 11 is 0. The number of halogens is 2. The lowest BCUT2D eigenvalue weighted by atomic mass is 10.2. The van der Waals surface area contributed by atoms with Crippen LogP contribution in [0.3, 0.4) is 0 Å². The maximum atomic E-state index is 14.2. The molecule has 0 atom stereocenters. The first-order valence-electron chi connectivity index (χ1n) is 8.12. The summed E-state index contributed by atoms with van der Waals surface area (Å²) in [5.41, 5.74) is -0.121. The Hall–Kier alpha value is -1.87. The van der Waals surface area contributed by atoms with Crippen molar-refractivity contribution in [2.75, 3.05) is 13.2 Å². The fourth-order valence-corrected chi connectivity index (χ4v) is 2.77. The minimum Gasteiger partial charge on any atom is -0.480 e. The standard InChI is InChI=1S/C17H26F2N2O4Si/c1-12(2)14-15(21(22)23)13(8-9-20-14)24-10-17(18,19)11-25-26(6,7)16(3,4)5/h8-9H,1,10-11H2,2-7H3. The van der Waals surface area contributed by atoms with E-state index in [9.17, 15) is 18.9 Å². The molecule has 0 radical (unpaired) electrons. The Labute approximate surface area is 153 Å². The highest BCUT2D eigenvalue weighted by atomic mass is 28.4. The second-order valence-electron chi connectivity index (χ2n) is 7.74. The topological polar surface area (TPSA) is 74.5 Å². The van der Waals surface area contributed by atoms with Gasteiger partial charge in [0.2, 0.25) is 5.75 Å². The van der Waals surface area contributed by atoms with Gasteiger partial charge in [-0.3, -0.25) is 10.1 Å². The number of ether oxygens (including phenoxy) is 1. The van der Waals surface area contributed by atoms with E-state index in [1.165, 1.54) is 12.3 Å². The molecule has 0 aromatic carbocycles. The number of nitrogens with zero attached hydrogens (tertiary/aromatic N) is 2. The van der Waals surface area contributed by atoms with E-state index in [-0.39, 0.29) is 16.5 Å². The van der Waals surface area contributed by atoms with E-state index in [4.69, 9.17) is 9.16 Å². The van der Waals surface area contributed by atoms with Crippen LogP contribution in [0.15, 0.2) is 18.8 Å². The fraction of sp³-hybridized carbons (Fsp3) is 0.588. The van der Waals surface area contributed by atoms with Gasteiger partial charge in [-0.1, -0.05) is 27.4 Å². The summed E-state index contributed by atoms with van der Waals surface area (Å²) in [7, 11) is -2.34. The lowest BCUT2D eigenvalue weighted by Crippen LogP contribution is -2.45. The molecule has 0 spiro atoms. The van der Waals surface area contributed by atoms with Crippen LogP contribution in [0.2, 0.25) is 18.1 Å². The van der Waals surface area contributed by atoms with Crippen molar-refractivity contribution >= 4 is 19.6 Å². The van der Waals surface area contributed by atoms with Gasteiger partial charge >= 0.3 is 11.6 Å². The SMILES string of the molecule is C=C(C)c1nccc(OCC(F)(F)CO[Si](C)(C)C(C)(C)C)c1[N+](=O)[O-]. The molecule has 0 saturated carbocycles. The number of hydrogen-bond acceptors (Lipinski definition) is 5. The molecule has 0 amide bonds. The third-order valence-corrected chi connectivity index (χ3v) is 8.84. The number of aromatic nitrogens is 1. The molecule has 1 aromatic heterocycles. The van der Waals surface area contributed by atoms with Gasteiger partial charge in [-0.2, -0.15) is 0 Å². The van der Waals surface area contributed by atoms with Crippen LogP contribution in [0.5, 0.6) is 5.75 Å². The monoisotopic (exact) mass is 388 g/mol. The largest absolute Gasteiger partial charge is 0.480 e. The van der Waals surface area contributed by atoms with Crippen LogP contribution < -0.4 is 4.74 Å². The second kappa shape index (κ2) is 7.79. The first-order valence-corrected chi connectivity index (χ1v) is 11.0. The average molecular weight is 388 g/mol. The van der Waals surface area contributed by atoms with Gasteiger partial charge in [-0.25, -0.2) is 13.8 Å². The van der Waals surface area contributed by atoms with Crippen molar-refractivity contribution in [3.05, 3.63) is 34.7 Å². The second-order valence-corrected chi connectivity index (χ2v) is 12.5. The molecule has 1 rings (SSSR count). The molecule has 0 aliphatic heterocycles. The van der Waals surface area contributed by atoms with Gasteiger partial charge in [0.1, 0.15) is 12.3 Å². The zero-order valence-electron chi connectivity index (χ0n) is 16.1. The Morgan fingerprint density at radius 3 is 2.38 bits per heavy atom. The Kier molecular flexibility index (Phi) is 6.64. The molecule has 0 N–H and O–H groups in total. The predicted octanol–water partition coefficient (Wildman–Crippen LogP) is 5.06. The van der Waals surface area contributed by atoms with E-state index in [0.29, 0.717) is 5.57 Å². The van der Waals surface area contributed by atoms with E-state index in [0.717, 1.165) is 0 Å². The highest BCUT2D eigenvalue weighted by Gasteiger charge is 2.41. The summed E-state index contributed by atoms with van der Waals surface area (Å²) in [6.45, 7) is 12.9. The molecule has 0 unspecified atom stereocenters. The summed E-state index contributed by atoms with van der Waals surface area (Å²) in [5, 5.41) is 11.1. The molecule has 9 heteroatoms. The van der Waals surface area contributed by atoms with E-state index < -0.39 is 38.1 Å². The number of allylic oxidation sites excluding steroid dienone is 1. The van der Waals surface area contributed by atoms with Gasteiger partial charge in [0.05, 0.1) is 4.92 Å². The van der Waals surface area contributed by atoms with Crippen molar-refractivity contribution in [1.82, 2.24) is 4.98 Å². The van der Waals surface area contributed by atoms with Gasteiger partial charge in [-0.15, -0.1) is 0 Å². The van der Waals surface area contributed by atoms with Crippen LogP contribution in [0.4, 0.5) is 14.5 Å². The van der Waals surface area contributed by atoms with Gasteiger partial charge < -0.3 is 9.16 Å². The van der Waals surface area contributed by atoms with Gasteiger partial charge in [0.15, 0.2) is 14.9 Å².